The highest BCUT2D eigenvalue weighted by Crippen LogP contribution is 2.32. The van der Waals surface area contributed by atoms with Gasteiger partial charge in [0.25, 0.3) is 0 Å². The third-order valence-electron chi connectivity index (χ3n) is 4.38. The van der Waals surface area contributed by atoms with Crippen molar-refractivity contribution in [3.05, 3.63) is 18.2 Å². The highest BCUT2D eigenvalue weighted by Gasteiger charge is 2.33. The molecule has 1 aromatic rings. The predicted octanol–water partition coefficient (Wildman–Crippen LogP) is 0.603. The van der Waals surface area contributed by atoms with Gasteiger partial charge in [0.2, 0.25) is 15.9 Å². The molecule has 2 rings (SSSR count). The molecule has 1 aliphatic rings. The Hall–Kier alpha value is -1.84. The minimum Gasteiger partial charge on any atom is -0.493 e. The molecule has 1 fully saturated rings. The number of nitrogens with zero attached hydrogens (tertiary/aromatic N) is 1. The van der Waals surface area contributed by atoms with Crippen LogP contribution in [-0.2, 0) is 14.8 Å². The van der Waals surface area contributed by atoms with Gasteiger partial charge >= 0.3 is 0 Å². The number of aliphatic hydroxyl groups excluding tert-OH is 1. The number of methoxy groups -OCH3 is 2. The van der Waals surface area contributed by atoms with Crippen molar-refractivity contribution in [1.29, 1.82) is 0 Å². The summed E-state index contributed by atoms with van der Waals surface area (Å²) < 4.78 is 37.6. The highest BCUT2D eigenvalue weighted by molar-refractivity contribution is 7.89. The largest absolute Gasteiger partial charge is 0.493 e. The summed E-state index contributed by atoms with van der Waals surface area (Å²) in [5, 5.41) is 11.5. The quantitative estimate of drug-likeness (QED) is 0.634. The van der Waals surface area contributed by atoms with E-state index >= 15 is 0 Å². The molecule has 1 unspecified atom stereocenters. The number of rotatable bonds is 8. The molecule has 1 atom stereocenters. The molecule has 0 aromatic heterocycles. The maximum Gasteiger partial charge on any atom is 0.243 e. The molecule has 1 heterocycles. The number of carbonyl (C=O) groups is 1. The average Bonchev–Trinajstić information content (AvgIpc) is 2.67. The summed E-state index contributed by atoms with van der Waals surface area (Å²) in [7, 11) is -0.804. The van der Waals surface area contributed by atoms with Gasteiger partial charge in [-0.15, -0.1) is 0 Å². The van der Waals surface area contributed by atoms with Gasteiger partial charge in [-0.1, -0.05) is 0 Å². The molecule has 146 valence electrons. The number of benzene rings is 1. The van der Waals surface area contributed by atoms with Gasteiger partial charge in [0.15, 0.2) is 11.5 Å². The molecule has 0 bridgehead atoms. The zero-order valence-corrected chi connectivity index (χ0v) is 15.9. The first-order valence-electron chi connectivity index (χ1n) is 8.54. The molecular formula is C17H26N2O6S. The average molecular weight is 386 g/mol. The second-order valence-electron chi connectivity index (χ2n) is 6.09. The lowest BCUT2D eigenvalue weighted by molar-refractivity contribution is -0.126. The molecule has 2 N–H and O–H groups in total. The van der Waals surface area contributed by atoms with Gasteiger partial charge < -0.3 is 19.9 Å². The molecule has 0 aliphatic carbocycles. The van der Waals surface area contributed by atoms with E-state index in [9.17, 15) is 13.2 Å². The molecule has 1 amide bonds. The van der Waals surface area contributed by atoms with Gasteiger partial charge in [-0.05, 0) is 31.4 Å². The maximum absolute atomic E-state index is 12.9. The van der Waals surface area contributed by atoms with Crippen LogP contribution in [0.5, 0.6) is 11.5 Å². The molecule has 0 saturated carbocycles. The topological polar surface area (TPSA) is 105 Å². The van der Waals surface area contributed by atoms with Gasteiger partial charge in [0, 0.05) is 32.3 Å². The standard InChI is InChI=1S/C17H26N2O6S/c1-24-15-7-6-14(11-16(15)25-2)26(22,23)19-9-3-5-13(12-19)17(21)18-8-4-10-20/h6-7,11,13,20H,3-5,8-10,12H2,1-2H3,(H,18,21). The fraction of sp³-hybridized carbons (Fsp3) is 0.588. The van der Waals surface area contributed by atoms with Crippen molar-refractivity contribution in [1.82, 2.24) is 9.62 Å². The van der Waals surface area contributed by atoms with Gasteiger partial charge in [-0.2, -0.15) is 4.31 Å². The van der Waals surface area contributed by atoms with Crippen molar-refractivity contribution in [3.63, 3.8) is 0 Å². The van der Waals surface area contributed by atoms with Crippen LogP contribution >= 0.6 is 0 Å². The van der Waals surface area contributed by atoms with E-state index in [0.717, 1.165) is 0 Å². The van der Waals surface area contributed by atoms with Crippen LogP contribution in [0.4, 0.5) is 0 Å². The predicted molar refractivity (Wildman–Crippen MR) is 95.7 cm³/mol. The van der Waals surface area contributed by atoms with E-state index in [4.69, 9.17) is 14.6 Å². The minimum atomic E-state index is -3.73. The van der Waals surface area contributed by atoms with E-state index in [2.05, 4.69) is 5.32 Å². The van der Waals surface area contributed by atoms with Gasteiger partial charge in [-0.25, -0.2) is 8.42 Å². The van der Waals surface area contributed by atoms with E-state index < -0.39 is 15.9 Å². The summed E-state index contributed by atoms with van der Waals surface area (Å²) >= 11 is 0. The smallest absolute Gasteiger partial charge is 0.243 e. The summed E-state index contributed by atoms with van der Waals surface area (Å²) in [5.74, 6) is 0.220. The summed E-state index contributed by atoms with van der Waals surface area (Å²) in [6.07, 6.45) is 1.74. The molecule has 1 aliphatic heterocycles. The number of hydrogen-bond acceptors (Lipinski definition) is 6. The third-order valence-corrected chi connectivity index (χ3v) is 6.24. The van der Waals surface area contributed by atoms with E-state index in [-0.39, 0.29) is 24.0 Å². The van der Waals surface area contributed by atoms with Crippen LogP contribution in [0.1, 0.15) is 19.3 Å². The molecule has 1 saturated heterocycles. The second kappa shape index (κ2) is 9.20. The zero-order chi connectivity index (χ0) is 19.2. The Balaban J connectivity index is 2.14. The number of hydrogen-bond donors (Lipinski definition) is 2. The van der Waals surface area contributed by atoms with Crippen LogP contribution in [0.2, 0.25) is 0 Å². The number of nitrogens with one attached hydrogen (secondary N) is 1. The van der Waals surface area contributed by atoms with E-state index in [1.165, 1.54) is 30.7 Å². The Labute approximate surface area is 154 Å². The van der Waals surface area contributed by atoms with E-state index in [1.807, 2.05) is 0 Å². The fourth-order valence-corrected chi connectivity index (χ4v) is 4.48. The lowest BCUT2D eigenvalue weighted by Crippen LogP contribution is -2.45. The number of amides is 1. The van der Waals surface area contributed by atoms with Crippen molar-refractivity contribution < 1.29 is 27.8 Å². The molecule has 0 spiro atoms. The van der Waals surface area contributed by atoms with E-state index in [0.29, 0.717) is 43.9 Å². The molecule has 8 nitrogen and oxygen atoms in total. The summed E-state index contributed by atoms with van der Waals surface area (Å²) in [5.41, 5.74) is 0. The maximum atomic E-state index is 12.9. The van der Waals surface area contributed by atoms with Crippen molar-refractivity contribution in [2.45, 2.75) is 24.2 Å². The Morgan fingerprint density at radius 2 is 2.04 bits per heavy atom. The summed E-state index contributed by atoms with van der Waals surface area (Å²) in [6.45, 7) is 0.901. The van der Waals surface area contributed by atoms with Crippen LogP contribution < -0.4 is 14.8 Å². The lowest BCUT2D eigenvalue weighted by atomic mass is 9.99. The molecule has 0 radical (unpaired) electrons. The van der Waals surface area contributed by atoms with Crippen molar-refractivity contribution in [2.24, 2.45) is 5.92 Å². The van der Waals surface area contributed by atoms with Crippen LogP contribution in [0, 0.1) is 5.92 Å². The Kier molecular flexibility index (Phi) is 7.24. The first-order valence-corrected chi connectivity index (χ1v) is 9.98. The molecule has 26 heavy (non-hydrogen) atoms. The zero-order valence-electron chi connectivity index (χ0n) is 15.1. The summed E-state index contributed by atoms with van der Waals surface area (Å²) in [6, 6.07) is 4.45. The number of sulfonamides is 1. The van der Waals surface area contributed by atoms with E-state index in [1.54, 1.807) is 6.07 Å². The first kappa shape index (κ1) is 20.5. The van der Waals surface area contributed by atoms with Crippen LogP contribution in [-0.4, -0.2) is 64.2 Å². The molecular weight excluding hydrogens is 360 g/mol. The Bertz CT molecular complexity index is 722. The molecule has 1 aromatic carbocycles. The first-order chi connectivity index (χ1) is 12.4. The van der Waals surface area contributed by atoms with Gasteiger partial charge in [0.1, 0.15) is 0 Å². The second-order valence-corrected chi connectivity index (χ2v) is 8.03. The number of carbonyl (C=O) groups excluding carboxylic acids is 1. The van der Waals surface area contributed by atoms with Crippen LogP contribution in [0.15, 0.2) is 23.1 Å². The summed E-state index contributed by atoms with van der Waals surface area (Å²) in [4.78, 5) is 12.3. The van der Waals surface area contributed by atoms with Gasteiger partial charge in [-0.3, -0.25) is 4.79 Å². The van der Waals surface area contributed by atoms with Crippen molar-refractivity contribution in [3.8, 4) is 11.5 Å². The van der Waals surface area contributed by atoms with Crippen molar-refractivity contribution in [2.75, 3.05) is 40.5 Å². The fourth-order valence-electron chi connectivity index (χ4n) is 2.94. The minimum absolute atomic E-state index is 0.00472. The van der Waals surface area contributed by atoms with Crippen LogP contribution in [0.3, 0.4) is 0 Å². The Morgan fingerprint density at radius 1 is 1.31 bits per heavy atom. The Morgan fingerprint density at radius 3 is 2.69 bits per heavy atom. The normalized spacial score (nSPS) is 18.3. The monoisotopic (exact) mass is 386 g/mol. The number of aliphatic hydroxyl groups is 1. The number of ether oxygens (including phenoxy) is 2. The third kappa shape index (κ3) is 4.66. The number of piperidine rings is 1. The SMILES string of the molecule is COc1ccc(S(=O)(=O)N2CCCC(C(=O)NCCCO)C2)cc1OC. The lowest BCUT2D eigenvalue weighted by Gasteiger charge is -2.31. The molecule has 9 heteroatoms. The van der Waals surface area contributed by atoms with Gasteiger partial charge in [0.05, 0.1) is 25.0 Å². The van der Waals surface area contributed by atoms with Crippen LogP contribution in [0.25, 0.3) is 0 Å². The highest BCUT2D eigenvalue weighted by atomic mass is 32.2. The van der Waals surface area contributed by atoms with Crippen molar-refractivity contribution >= 4 is 15.9 Å².